The minimum absolute atomic E-state index is 0.497. The fraction of sp³-hybridized carbons (Fsp3) is 0.556. The fourth-order valence-electron chi connectivity index (χ4n) is 3.93. The number of aromatic nitrogens is 3. The molecule has 0 amide bonds. The number of hydrogen-bond acceptors (Lipinski definition) is 4. The van der Waals surface area contributed by atoms with Crippen LogP contribution in [0.4, 0.5) is 0 Å². The smallest absolute Gasteiger partial charge is 0.164 e. The maximum absolute atomic E-state index is 10.8. The maximum atomic E-state index is 10.8. The molecule has 0 atom stereocenters. The van der Waals surface area contributed by atoms with Crippen LogP contribution in [0.25, 0.3) is 11.4 Å². The van der Waals surface area contributed by atoms with Crippen LogP contribution >= 0.6 is 0 Å². The van der Waals surface area contributed by atoms with Crippen molar-refractivity contribution in [2.45, 2.75) is 50.8 Å². The molecule has 2 aromatic rings. The lowest BCUT2D eigenvalue weighted by Crippen LogP contribution is -2.47. The van der Waals surface area contributed by atoms with Crippen molar-refractivity contribution in [1.29, 1.82) is 0 Å². The lowest BCUT2D eigenvalue weighted by Gasteiger charge is -2.38. The van der Waals surface area contributed by atoms with E-state index in [1.54, 1.807) is 0 Å². The molecule has 0 bridgehead atoms. The van der Waals surface area contributed by atoms with Gasteiger partial charge in [-0.1, -0.05) is 49.6 Å². The average Bonchev–Trinajstić information content (AvgIpc) is 2.99. The maximum Gasteiger partial charge on any atom is 0.164 e. The van der Waals surface area contributed by atoms with E-state index in [1.807, 2.05) is 18.2 Å². The summed E-state index contributed by atoms with van der Waals surface area (Å²) < 4.78 is 2.22. The Morgan fingerprint density at radius 3 is 2.57 bits per heavy atom. The van der Waals surface area contributed by atoms with E-state index in [9.17, 15) is 5.11 Å². The second kappa shape index (κ2) is 6.06. The zero-order valence-corrected chi connectivity index (χ0v) is 13.5. The predicted molar refractivity (Wildman–Crippen MR) is 88.8 cm³/mol. The van der Waals surface area contributed by atoms with Crippen LogP contribution in [-0.4, -0.2) is 43.5 Å². The lowest BCUT2D eigenvalue weighted by molar-refractivity contribution is -0.0319. The van der Waals surface area contributed by atoms with Crippen molar-refractivity contribution >= 4 is 0 Å². The molecular weight excluding hydrogens is 288 g/mol. The van der Waals surface area contributed by atoms with Crippen molar-refractivity contribution in [3.05, 3.63) is 36.2 Å². The van der Waals surface area contributed by atoms with Crippen LogP contribution in [0.2, 0.25) is 0 Å². The third-order valence-corrected chi connectivity index (χ3v) is 5.17. The van der Waals surface area contributed by atoms with Crippen LogP contribution in [0.1, 0.15) is 37.9 Å². The van der Waals surface area contributed by atoms with E-state index in [2.05, 4.69) is 31.8 Å². The van der Waals surface area contributed by atoms with Gasteiger partial charge in [-0.05, 0) is 12.8 Å². The molecule has 23 heavy (non-hydrogen) atoms. The van der Waals surface area contributed by atoms with Crippen molar-refractivity contribution in [1.82, 2.24) is 19.7 Å². The molecule has 0 radical (unpaired) electrons. The van der Waals surface area contributed by atoms with Gasteiger partial charge in [0.25, 0.3) is 0 Å². The molecule has 1 aromatic heterocycles. The van der Waals surface area contributed by atoms with Gasteiger partial charge in [-0.3, -0.25) is 4.90 Å². The average molecular weight is 312 g/mol. The van der Waals surface area contributed by atoms with Crippen molar-refractivity contribution in [3.63, 3.8) is 0 Å². The van der Waals surface area contributed by atoms with Crippen molar-refractivity contribution < 1.29 is 5.11 Å². The number of fused-ring (bicyclic) bond motifs is 1. The van der Waals surface area contributed by atoms with Crippen LogP contribution in [0.3, 0.4) is 0 Å². The van der Waals surface area contributed by atoms with E-state index in [-0.39, 0.29) is 0 Å². The molecule has 1 fully saturated rings. The fourth-order valence-corrected chi connectivity index (χ4v) is 3.93. The molecule has 5 nitrogen and oxygen atoms in total. The first kappa shape index (κ1) is 14.8. The number of aliphatic hydroxyl groups is 1. The summed E-state index contributed by atoms with van der Waals surface area (Å²) >= 11 is 0. The highest BCUT2D eigenvalue weighted by atomic mass is 16.3. The predicted octanol–water partition coefficient (Wildman–Crippen LogP) is 2.46. The number of benzene rings is 1. The Hall–Kier alpha value is -1.72. The highest BCUT2D eigenvalue weighted by Crippen LogP contribution is 2.30. The molecular formula is C18H24N4O. The van der Waals surface area contributed by atoms with E-state index in [0.29, 0.717) is 0 Å². The zero-order chi connectivity index (χ0) is 15.7. The summed E-state index contributed by atoms with van der Waals surface area (Å²) in [6, 6.07) is 10.2. The normalized spacial score (nSPS) is 21.1. The van der Waals surface area contributed by atoms with E-state index in [4.69, 9.17) is 0 Å². The minimum atomic E-state index is -0.497. The summed E-state index contributed by atoms with van der Waals surface area (Å²) in [5, 5.41) is 19.5. The number of rotatable bonds is 3. The van der Waals surface area contributed by atoms with Crippen LogP contribution < -0.4 is 0 Å². The number of β-amino-alcohol motifs (C(OH)–C–C–N with tert-alkyl or cyclic N) is 1. The zero-order valence-electron chi connectivity index (χ0n) is 13.5. The number of hydrogen-bond donors (Lipinski definition) is 1. The van der Waals surface area contributed by atoms with E-state index >= 15 is 0 Å². The summed E-state index contributed by atoms with van der Waals surface area (Å²) in [4.78, 5) is 2.34. The number of nitrogens with zero attached hydrogens (tertiary/aromatic N) is 4. The third kappa shape index (κ3) is 3.03. The van der Waals surface area contributed by atoms with Crippen LogP contribution in [0.5, 0.6) is 0 Å². The molecule has 0 saturated heterocycles. The van der Waals surface area contributed by atoms with Gasteiger partial charge < -0.3 is 9.67 Å². The standard InChI is InChI=1S/C18H24N4O/c23-18(9-5-2-6-10-18)14-21-11-12-22-16(13-21)19-20-17(22)15-7-3-1-4-8-15/h1,3-4,7-8,23H,2,5-6,9-14H2. The Labute approximate surface area is 137 Å². The van der Waals surface area contributed by atoms with Gasteiger partial charge in [0.2, 0.25) is 0 Å². The molecule has 5 heteroatoms. The molecule has 2 aliphatic rings. The topological polar surface area (TPSA) is 54.2 Å². The largest absolute Gasteiger partial charge is 0.389 e. The molecule has 4 rings (SSSR count). The summed E-state index contributed by atoms with van der Waals surface area (Å²) in [5.74, 6) is 1.96. The molecule has 1 aliphatic heterocycles. The highest BCUT2D eigenvalue weighted by Gasteiger charge is 2.33. The van der Waals surface area contributed by atoms with Gasteiger partial charge in [0.1, 0.15) is 5.82 Å². The highest BCUT2D eigenvalue weighted by molar-refractivity contribution is 5.55. The van der Waals surface area contributed by atoms with Crippen molar-refractivity contribution in [3.8, 4) is 11.4 Å². The van der Waals surface area contributed by atoms with Gasteiger partial charge in [0, 0.05) is 25.2 Å². The van der Waals surface area contributed by atoms with Gasteiger partial charge in [0.15, 0.2) is 5.82 Å². The molecule has 122 valence electrons. The van der Waals surface area contributed by atoms with E-state index in [1.165, 1.54) is 6.42 Å². The molecule has 1 aromatic carbocycles. The van der Waals surface area contributed by atoms with Crippen LogP contribution in [-0.2, 0) is 13.1 Å². The molecule has 1 aliphatic carbocycles. The second-order valence-electron chi connectivity index (χ2n) is 6.95. The molecule has 1 N–H and O–H groups in total. The quantitative estimate of drug-likeness (QED) is 0.946. The monoisotopic (exact) mass is 312 g/mol. The first-order valence-corrected chi connectivity index (χ1v) is 8.66. The summed E-state index contributed by atoms with van der Waals surface area (Å²) in [7, 11) is 0. The van der Waals surface area contributed by atoms with Gasteiger partial charge in [0.05, 0.1) is 12.1 Å². The van der Waals surface area contributed by atoms with Crippen LogP contribution in [0, 0.1) is 0 Å². The first-order chi connectivity index (χ1) is 11.2. The summed E-state index contributed by atoms with van der Waals surface area (Å²) in [6.45, 7) is 3.39. The van der Waals surface area contributed by atoms with Gasteiger partial charge in [-0.25, -0.2) is 0 Å². The Balaban J connectivity index is 1.49. The molecule has 0 spiro atoms. The van der Waals surface area contributed by atoms with Gasteiger partial charge >= 0.3 is 0 Å². The Bertz CT molecular complexity index is 661. The Morgan fingerprint density at radius 1 is 1.00 bits per heavy atom. The SMILES string of the molecule is OC1(CN2CCn3c(nnc3-c3ccccc3)C2)CCCCC1. The van der Waals surface area contributed by atoms with Gasteiger partial charge in [-0.15, -0.1) is 10.2 Å². The summed E-state index contributed by atoms with van der Waals surface area (Å²) in [6.07, 6.45) is 5.44. The second-order valence-corrected chi connectivity index (χ2v) is 6.95. The third-order valence-electron chi connectivity index (χ3n) is 5.17. The Morgan fingerprint density at radius 2 is 1.78 bits per heavy atom. The van der Waals surface area contributed by atoms with Crippen molar-refractivity contribution in [2.75, 3.05) is 13.1 Å². The Kier molecular flexibility index (Phi) is 3.91. The molecule has 0 unspecified atom stereocenters. The summed E-state index contributed by atoms with van der Waals surface area (Å²) in [5.41, 5.74) is 0.619. The van der Waals surface area contributed by atoms with Crippen molar-refractivity contribution in [2.24, 2.45) is 0 Å². The van der Waals surface area contributed by atoms with E-state index in [0.717, 1.165) is 69.1 Å². The molecule has 1 saturated carbocycles. The van der Waals surface area contributed by atoms with Crippen LogP contribution in [0.15, 0.2) is 30.3 Å². The minimum Gasteiger partial charge on any atom is -0.389 e. The first-order valence-electron chi connectivity index (χ1n) is 8.66. The van der Waals surface area contributed by atoms with E-state index < -0.39 is 5.60 Å². The molecule has 2 heterocycles. The van der Waals surface area contributed by atoms with Gasteiger partial charge in [-0.2, -0.15) is 0 Å². The lowest BCUT2D eigenvalue weighted by atomic mass is 9.84.